The number of carbonyl (C=O) groups excluding carboxylic acids is 1. The van der Waals surface area contributed by atoms with Crippen molar-refractivity contribution in [3.8, 4) is 17.2 Å². The highest BCUT2D eigenvalue weighted by atomic mass is 32.2. The van der Waals surface area contributed by atoms with Crippen LogP contribution in [0.3, 0.4) is 0 Å². The number of nitrogens with zero attached hydrogens (tertiary/aromatic N) is 1. The highest BCUT2D eigenvalue weighted by Gasteiger charge is 2.24. The van der Waals surface area contributed by atoms with Crippen molar-refractivity contribution in [2.45, 2.75) is 18.7 Å². The number of anilines is 1. The summed E-state index contributed by atoms with van der Waals surface area (Å²) in [5.41, 5.74) is 1.21. The lowest BCUT2D eigenvalue weighted by Gasteiger charge is -2.20. The van der Waals surface area contributed by atoms with Crippen LogP contribution in [0.5, 0.6) is 17.2 Å². The van der Waals surface area contributed by atoms with E-state index in [-0.39, 0.29) is 16.2 Å². The first-order valence-corrected chi connectivity index (χ1v) is 11.4. The number of aryl methyl sites for hydroxylation is 1. The van der Waals surface area contributed by atoms with Crippen molar-refractivity contribution < 1.29 is 27.4 Å². The van der Waals surface area contributed by atoms with E-state index in [2.05, 4.69) is 0 Å². The standard InChI is InChI=1S/C24H25NO6S/c1-5-30-19-13-11-18(12-14-19)25(3)32(27,28)20-15-10-17(2)21(16-20)24(26)31-23-9-7-6-8-22(23)29-4/h6-16H,5H2,1-4H3. The van der Waals surface area contributed by atoms with Gasteiger partial charge in [-0.2, -0.15) is 0 Å². The lowest BCUT2D eigenvalue weighted by molar-refractivity contribution is 0.0728. The van der Waals surface area contributed by atoms with E-state index in [9.17, 15) is 13.2 Å². The number of ether oxygens (including phenoxy) is 3. The summed E-state index contributed by atoms with van der Waals surface area (Å²) in [6.45, 7) is 4.11. The van der Waals surface area contributed by atoms with Gasteiger partial charge in [0.05, 0.1) is 29.9 Å². The van der Waals surface area contributed by atoms with E-state index in [1.165, 1.54) is 26.3 Å². The van der Waals surface area contributed by atoms with Crippen LogP contribution in [0.2, 0.25) is 0 Å². The van der Waals surface area contributed by atoms with Gasteiger partial charge in [-0.25, -0.2) is 13.2 Å². The monoisotopic (exact) mass is 455 g/mol. The minimum absolute atomic E-state index is 0.0218. The molecule has 3 rings (SSSR count). The van der Waals surface area contributed by atoms with Gasteiger partial charge in [0.25, 0.3) is 10.0 Å². The zero-order chi connectivity index (χ0) is 23.3. The van der Waals surface area contributed by atoms with E-state index in [0.717, 1.165) is 4.31 Å². The molecule has 0 heterocycles. The summed E-state index contributed by atoms with van der Waals surface area (Å²) in [5.74, 6) is 0.628. The maximum Gasteiger partial charge on any atom is 0.343 e. The lowest BCUT2D eigenvalue weighted by atomic mass is 10.1. The molecule has 3 aromatic rings. The fourth-order valence-corrected chi connectivity index (χ4v) is 4.28. The van der Waals surface area contributed by atoms with Crippen LogP contribution < -0.4 is 18.5 Å². The number of methoxy groups -OCH3 is 1. The zero-order valence-corrected chi connectivity index (χ0v) is 19.2. The first-order chi connectivity index (χ1) is 15.3. The zero-order valence-electron chi connectivity index (χ0n) is 18.4. The van der Waals surface area contributed by atoms with Crippen molar-refractivity contribution >= 4 is 21.7 Å². The molecule has 0 saturated heterocycles. The van der Waals surface area contributed by atoms with E-state index >= 15 is 0 Å². The molecule has 0 unspecified atom stereocenters. The van der Waals surface area contributed by atoms with E-state index in [1.807, 2.05) is 6.92 Å². The van der Waals surface area contributed by atoms with Gasteiger partial charge in [-0.05, 0) is 67.9 Å². The molecule has 3 aromatic carbocycles. The van der Waals surface area contributed by atoms with Crippen molar-refractivity contribution in [3.05, 3.63) is 77.9 Å². The molecule has 8 heteroatoms. The summed E-state index contributed by atoms with van der Waals surface area (Å²) in [6.07, 6.45) is 0. The Balaban J connectivity index is 1.90. The van der Waals surface area contributed by atoms with Gasteiger partial charge in [0.15, 0.2) is 11.5 Å². The third-order valence-electron chi connectivity index (χ3n) is 4.87. The number of para-hydroxylation sites is 2. The number of rotatable bonds is 8. The average Bonchev–Trinajstić information content (AvgIpc) is 2.79. The summed E-state index contributed by atoms with van der Waals surface area (Å²) in [7, 11) is -0.985. The number of hydrogen-bond donors (Lipinski definition) is 0. The van der Waals surface area contributed by atoms with Gasteiger partial charge in [0, 0.05) is 7.05 Å². The number of carbonyl (C=O) groups is 1. The fourth-order valence-electron chi connectivity index (χ4n) is 3.06. The van der Waals surface area contributed by atoms with Crippen molar-refractivity contribution in [2.24, 2.45) is 0 Å². The van der Waals surface area contributed by atoms with Crippen molar-refractivity contribution in [3.63, 3.8) is 0 Å². The summed E-state index contributed by atoms with van der Waals surface area (Å²) in [4.78, 5) is 12.8. The number of esters is 1. The molecule has 7 nitrogen and oxygen atoms in total. The van der Waals surface area contributed by atoms with Gasteiger partial charge < -0.3 is 14.2 Å². The molecule has 0 amide bonds. The molecule has 32 heavy (non-hydrogen) atoms. The largest absolute Gasteiger partial charge is 0.494 e. The van der Waals surface area contributed by atoms with Crippen LogP contribution in [0.25, 0.3) is 0 Å². The first-order valence-electron chi connectivity index (χ1n) is 9.95. The molecule has 168 valence electrons. The van der Waals surface area contributed by atoms with E-state index in [4.69, 9.17) is 14.2 Å². The topological polar surface area (TPSA) is 82.1 Å². The van der Waals surface area contributed by atoms with Gasteiger partial charge in [-0.1, -0.05) is 18.2 Å². The normalized spacial score (nSPS) is 11.0. The molecular formula is C24H25NO6S. The summed E-state index contributed by atoms with van der Waals surface area (Å²) >= 11 is 0. The van der Waals surface area contributed by atoms with Gasteiger partial charge >= 0.3 is 5.97 Å². The molecule has 0 spiro atoms. The maximum atomic E-state index is 13.2. The smallest absolute Gasteiger partial charge is 0.343 e. The van der Waals surface area contributed by atoms with E-state index in [0.29, 0.717) is 29.4 Å². The minimum Gasteiger partial charge on any atom is -0.494 e. The molecule has 0 aliphatic heterocycles. The minimum atomic E-state index is -3.92. The van der Waals surface area contributed by atoms with Crippen molar-refractivity contribution in [1.29, 1.82) is 0 Å². The SMILES string of the molecule is CCOc1ccc(N(C)S(=O)(=O)c2ccc(C)c(C(=O)Oc3ccccc3OC)c2)cc1. The number of sulfonamides is 1. The van der Waals surface area contributed by atoms with E-state index in [1.54, 1.807) is 61.5 Å². The third-order valence-corrected chi connectivity index (χ3v) is 6.65. The predicted octanol–water partition coefficient (Wildman–Crippen LogP) is 4.45. The predicted molar refractivity (Wildman–Crippen MR) is 122 cm³/mol. The summed E-state index contributed by atoms with van der Waals surface area (Å²) in [5, 5.41) is 0. The lowest BCUT2D eigenvalue weighted by Crippen LogP contribution is -2.27. The number of hydrogen-bond acceptors (Lipinski definition) is 6. The Kier molecular flexibility index (Phi) is 7.05. The van der Waals surface area contributed by atoms with Crippen LogP contribution in [0.15, 0.2) is 71.6 Å². The Morgan fingerprint density at radius 2 is 1.62 bits per heavy atom. The van der Waals surface area contributed by atoms with E-state index < -0.39 is 16.0 Å². The first kappa shape index (κ1) is 23.1. The summed E-state index contributed by atoms with van der Waals surface area (Å²) < 4.78 is 43.7. The second kappa shape index (κ2) is 9.74. The molecule has 0 aromatic heterocycles. The van der Waals surface area contributed by atoms with Crippen molar-refractivity contribution in [2.75, 3.05) is 25.1 Å². The number of benzene rings is 3. The Morgan fingerprint density at radius 1 is 0.969 bits per heavy atom. The second-order valence-electron chi connectivity index (χ2n) is 6.92. The molecule has 0 aliphatic carbocycles. The maximum absolute atomic E-state index is 13.2. The van der Waals surface area contributed by atoms with Crippen LogP contribution in [-0.4, -0.2) is 35.2 Å². The van der Waals surface area contributed by atoms with Crippen LogP contribution in [0.1, 0.15) is 22.8 Å². The molecule has 0 fully saturated rings. The van der Waals surface area contributed by atoms with Gasteiger partial charge in [-0.15, -0.1) is 0 Å². The Labute approximate surface area is 188 Å². The quantitative estimate of drug-likeness (QED) is 0.369. The van der Waals surface area contributed by atoms with Gasteiger partial charge in [0.2, 0.25) is 0 Å². The molecule has 0 atom stereocenters. The van der Waals surface area contributed by atoms with Gasteiger partial charge in [-0.3, -0.25) is 4.31 Å². The highest BCUT2D eigenvalue weighted by Crippen LogP contribution is 2.29. The molecule has 0 radical (unpaired) electrons. The second-order valence-corrected chi connectivity index (χ2v) is 8.89. The van der Waals surface area contributed by atoms with Crippen LogP contribution >= 0.6 is 0 Å². The van der Waals surface area contributed by atoms with Crippen LogP contribution in [0, 0.1) is 6.92 Å². The van der Waals surface area contributed by atoms with Crippen LogP contribution in [0.4, 0.5) is 5.69 Å². The van der Waals surface area contributed by atoms with Gasteiger partial charge in [0.1, 0.15) is 5.75 Å². The average molecular weight is 456 g/mol. The fraction of sp³-hybridized carbons (Fsp3) is 0.208. The molecular weight excluding hydrogens is 430 g/mol. The Morgan fingerprint density at radius 3 is 2.25 bits per heavy atom. The third kappa shape index (κ3) is 4.86. The molecule has 0 N–H and O–H groups in total. The molecule has 0 aliphatic rings. The van der Waals surface area contributed by atoms with Crippen LogP contribution in [-0.2, 0) is 10.0 Å². The van der Waals surface area contributed by atoms with Crippen molar-refractivity contribution in [1.82, 2.24) is 0 Å². The Hall–Kier alpha value is -3.52. The Bertz CT molecular complexity index is 1210. The molecule has 0 saturated carbocycles. The highest BCUT2D eigenvalue weighted by molar-refractivity contribution is 7.92. The molecule has 0 bridgehead atoms. The summed E-state index contributed by atoms with van der Waals surface area (Å²) in [6, 6.07) is 17.8.